The molecular weight excluding hydrogens is 1050 g/mol. The summed E-state index contributed by atoms with van der Waals surface area (Å²) in [7, 11) is 0. The molecule has 4 aliphatic rings. The van der Waals surface area contributed by atoms with Gasteiger partial charge in [0.05, 0.1) is 11.4 Å². The molecule has 10 aromatic carbocycles. The Labute approximate surface area is 498 Å². The van der Waals surface area contributed by atoms with E-state index in [1.165, 1.54) is 33.1 Å². The number of anilines is 9. The molecule has 5 heterocycles. The van der Waals surface area contributed by atoms with E-state index in [1.54, 1.807) is 0 Å². The average Bonchev–Trinajstić information content (AvgIpc) is 1.12. The average molecular weight is 1110 g/mol. The molecule has 0 fully saturated rings. The zero-order valence-electron chi connectivity index (χ0n) is 49.8. The van der Waals surface area contributed by atoms with Gasteiger partial charge in [-0.25, -0.2) is 0 Å². The van der Waals surface area contributed by atoms with E-state index in [4.69, 9.17) is 23.4 Å². The second kappa shape index (κ2) is 19.6. The molecule has 0 amide bonds. The molecule has 85 heavy (non-hydrogen) atoms. The van der Waals surface area contributed by atoms with Crippen molar-refractivity contribution in [2.75, 3.05) is 41.1 Å². The van der Waals surface area contributed by atoms with Gasteiger partial charge in [-0.2, -0.15) is 0 Å². The zero-order valence-corrected chi connectivity index (χ0v) is 49.8. The van der Waals surface area contributed by atoms with Crippen molar-refractivity contribution in [1.82, 2.24) is 0 Å². The minimum Gasteiger partial charge on any atom is -0.486 e. The smallest absolute Gasteiger partial charge is 0.252 e. The predicted octanol–water partition coefficient (Wildman–Crippen LogP) is 17.9. The van der Waals surface area contributed by atoms with Crippen molar-refractivity contribution in [1.29, 1.82) is 0 Å². The Hall–Kier alpha value is -9.34. The standard InChI is InChI=1S/C76H68BN3O5/c1-74(2,3)53-19-26-57(27-20-53)78(58-25-18-48-38-51(15-14-49(48)39-58)70-42-50-12-10-11-13-67(50)85-70)56-23-16-47(17-24-56)52-40-65-73-66(41-52)80(60-29-33-69-72(46-60)84-37-35-82-69)64-31-22-55(76(7,8)9)44-62(64)77(73)61-43-54(75(4,5)6)21-30-63(61)79(65)59-28-32-68-71(45-59)83-36-34-81-68/h10-33,38-46H,34-37H2,1-9H3. The number of ether oxygens (including phenoxy) is 4. The van der Waals surface area contributed by atoms with Crippen LogP contribution in [0.2, 0.25) is 0 Å². The monoisotopic (exact) mass is 1110 g/mol. The molecule has 420 valence electrons. The molecule has 0 saturated carbocycles. The van der Waals surface area contributed by atoms with E-state index >= 15 is 0 Å². The van der Waals surface area contributed by atoms with E-state index in [2.05, 4.69) is 265 Å². The Morgan fingerprint density at radius 3 is 1.40 bits per heavy atom. The SMILES string of the molecule is CC(C)(C)c1ccc(N(c2ccc(-c3cc4c5c(c3)N(c3ccc6c(c3)OCCO6)c3ccc(C(C)(C)C)cc3B5c3cc(C(C)(C)C)ccc3N4c3ccc4c(c3)OCCO4)cc2)c2ccc3cc(-c4cc5ccccc5o4)ccc3c2)cc1. The molecule has 0 radical (unpaired) electrons. The van der Waals surface area contributed by atoms with Crippen molar-refractivity contribution >= 4 is 96.0 Å². The van der Waals surface area contributed by atoms with Gasteiger partial charge in [-0.05, 0) is 174 Å². The minimum atomic E-state index is -0.102. The van der Waals surface area contributed by atoms with E-state index in [0.29, 0.717) is 26.4 Å². The van der Waals surface area contributed by atoms with Crippen LogP contribution in [0.25, 0.3) is 44.2 Å². The fourth-order valence-corrected chi connectivity index (χ4v) is 13.0. The van der Waals surface area contributed by atoms with Crippen LogP contribution in [0, 0.1) is 0 Å². The first kappa shape index (κ1) is 52.5. The first-order valence-electron chi connectivity index (χ1n) is 29.9. The van der Waals surface area contributed by atoms with Gasteiger partial charge in [0, 0.05) is 62.9 Å². The van der Waals surface area contributed by atoms with Crippen LogP contribution >= 0.6 is 0 Å². The van der Waals surface area contributed by atoms with Crippen molar-refractivity contribution < 1.29 is 23.4 Å². The van der Waals surface area contributed by atoms with Crippen molar-refractivity contribution in [3.63, 3.8) is 0 Å². The van der Waals surface area contributed by atoms with Crippen molar-refractivity contribution in [2.45, 2.75) is 78.6 Å². The van der Waals surface area contributed by atoms with Gasteiger partial charge in [-0.1, -0.05) is 147 Å². The highest BCUT2D eigenvalue weighted by Gasteiger charge is 2.45. The zero-order chi connectivity index (χ0) is 58.1. The van der Waals surface area contributed by atoms with Crippen LogP contribution in [0.3, 0.4) is 0 Å². The normalized spacial score (nSPS) is 14.3. The van der Waals surface area contributed by atoms with Crippen molar-refractivity contribution in [3.8, 4) is 45.4 Å². The lowest BCUT2D eigenvalue weighted by molar-refractivity contribution is 0.171. The number of hydrogen-bond acceptors (Lipinski definition) is 8. The second-order valence-electron chi connectivity index (χ2n) is 26.3. The molecule has 4 aliphatic heterocycles. The molecule has 0 atom stereocenters. The summed E-state index contributed by atoms with van der Waals surface area (Å²) in [5, 5.41) is 3.38. The number of hydrogen-bond donors (Lipinski definition) is 0. The number of para-hydroxylation sites is 1. The molecule has 0 unspecified atom stereocenters. The summed E-state index contributed by atoms with van der Waals surface area (Å²) in [5.74, 6) is 3.87. The Balaban J connectivity index is 0.922. The molecule has 11 aromatic rings. The first-order chi connectivity index (χ1) is 41.0. The van der Waals surface area contributed by atoms with Crippen LogP contribution in [-0.2, 0) is 16.2 Å². The fourth-order valence-electron chi connectivity index (χ4n) is 13.0. The van der Waals surface area contributed by atoms with E-state index in [9.17, 15) is 0 Å². The fraction of sp³-hybridized carbons (Fsp3) is 0.211. The molecule has 9 heteroatoms. The quantitative estimate of drug-likeness (QED) is 0.146. The maximum atomic E-state index is 6.35. The van der Waals surface area contributed by atoms with Crippen LogP contribution in [0.15, 0.2) is 205 Å². The van der Waals surface area contributed by atoms with Gasteiger partial charge in [0.25, 0.3) is 6.71 Å². The number of furan rings is 1. The lowest BCUT2D eigenvalue weighted by Crippen LogP contribution is -2.61. The van der Waals surface area contributed by atoms with E-state index in [0.717, 1.165) is 118 Å². The third-order valence-corrected chi connectivity index (χ3v) is 17.6. The lowest BCUT2D eigenvalue weighted by Gasteiger charge is -2.45. The van der Waals surface area contributed by atoms with Crippen LogP contribution < -0.4 is 50.0 Å². The molecule has 0 aliphatic carbocycles. The van der Waals surface area contributed by atoms with Gasteiger partial charge in [-0.3, -0.25) is 0 Å². The van der Waals surface area contributed by atoms with Gasteiger partial charge < -0.3 is 38.1 Å². The summed E-state index contributed by atoms with van der Waals surface area (Å²) in [6, 6.07) is 73.9. The van der Waals surface area contributed by atoms with Crippen LogP contribution in [0.4, 0.5) is 51.2 Å². The molecular formula is C76H68BN3O5. The minimum absolute atomic E-state index is 0.00395. The van der Waals surface area contributed by atoms with Crippen LogP contribution in [0.1, 0.15) is 79.0 Å². The Bertz CT molecular complexity index is 4280. The summed E-state index contributed by atoms with van der Waals surface area (Å²) in [5.41, 5.74) is 21.2. The highest BCUT2D eigenvalue weighted by atomic mass is 16.6. The summed E-state index contributed by atoms with van der Waals surface area (Å²) in [6.07, 6.45) is 0. The first-order valence-corrected chi connectivity index (χ1v) is 29.9. The van der Waals surface area contributed by atoms with Crippen LogP contribution in [0.5, 0.6) is 23.0 Å². The molecule has 0 spiro atoms. The maximum absolute atomic E-state index is 6.35. The van der Waals surface area contributed by atoms with Gasteiger partial charge in [0.1, 0.15) is 37.8 Å². The Kier molecular flexibility index (Phi) is 12.1. The third-order valence-electron chi connectivity index (χ3n) is 17.6. The van der Waals surface area contributed by atoms with Gasteiger partial charge in [0.2, 0.25) is 0 Å². The Morgan fingerprint density at radius 1 is 0.365 bits per heavy atom. The molecule has 8 nitrogen and oxygen atoms in total. The van der Waals surface area contributed by atoms with Gasteiger partial charge in [0.15, 0.2) is 23.0 Å². The predicted molar refractivity (Wildman–Crippen MR) is 351 cm³/mol. The van der Waals surface area contributed by atoms with Gasteiger partial charge >= 0.3 is 0 Å². The maximum Gasteiger partial charge on any atom is 0.252 e. The summed E-state index contributed by atoms with van der Waals surface area (Å²) in [4.78, 5) is 7.31. The molecule has 0 saturated heterocycles. The van der Waals surface area contributed by atoms with Crippen molar-refractivity contribution in [3.05, 3.63) is 217 Å². The van der Waals surface area contributed by atoms with Crippen LogP contribution in [-0.4, -0.2) is 33.1 Å². The highest BCUT2D eigenvalue weighted by molar-refractivity contribution is 7.00. The molecule has 0 bridgehead atoms. The second-order valence-corrected chi connectivity index (χ2v) is 26.3. The highest BCUT2D eigenvalue weighted by Crippen LogP contribution is 2.50. The Morgan fingerprint density at radius 2 is 0.847 bits per heavy atom. The van der Waals surface area contributed by atoms with Crippen molar-refractivity contribution in [2.24, 2.45) is 0 Å². The number of fused-ring (bicyclic) bond motifs is 8. The topological polar surface area (TPSA) is 59.8 Å². The number of benzene rings is 10. The largest absolute Gasteiger partial charge is 0.486 e. The van der Waals surface area contributed by atoms with E-state index in [-0.39, 0.29) is 23.0 Å². The molecule has 1 aromatic heterocycles. The summed E-state index contributed by atoms with van der Waals surface area (Å²) in [6.45, 7) is 22.6. The molecule has 0 N–H and O–H groups in total. The number of rotatable bonds is 7. The lowest BCUT2D eigenvalue weighted by atomic mass is 9.33. The van der Waals surface area contributed by atoms with Gasteiger partial charge in [-0.15, -0.1) is 0 Å². The third kappa shape index (κ3) is 9.14. The summed E-state index contributed by atoms with van der Waals surface area (Å²) >= 11 is 0. The number of nitrogens with zero attached hydrogens (tertiary/aromatic N) is 3. The van der Waals surface area contributed by atoms with E-state index < -0.39 is 0 Å². The molecule has 15 rings (SSSR count). The van der Waals surface area contributed by atoms with E-state index in [1.807, 2.05) is 12.1 Å². The summed E-state index contributed by atoms with van der Waals surface area (Å²) < 4.78 is 31.3.